The van der Waals surface area contributed by atoms with E-state index >= 15 is 0 Å². The van der Waals surface area contributed by atoms with Crippen molar-refractivity contribution in [2.75, 3.05) is 11.9 Å². The summed E-state index contributed by atoms with van der Waals surface area (Å²) < 4.78 is 0. The van der Waals surface area contributed by atoms with Crippen LogP contribution in [0.4, 0.5) is 5.69 Å². The molecule has 0 radical (unpaired) electrons. The molecule has 0 bridgehead atoms. The molecule has 3 N–H and O–H groups in total. The predicted molar refractivity (Wildman–Crippen MR) is 72.0 cm³/mol. The van der Waals surface area contributed by atoms with Crippen LogP contribution in [0.2, 0.25) is 0 Å². The number of carbonyl (C=O) groups excluding carboxylic acids is 1. The van der Waals surface area contributed by atoms with Crippen molar-refractivity contribution in [3.05, 3.63) is 29.3 Å². The molecule has 3 heteroatoms. The fourth-order valence-electron chi connectivity index (χ4n) is 1.78. The average molecular weight is 234 g/mol. The molecule has 17 heavy (non-hydrogen) atoms. The third-order valence-corrected chi connectivity index (χ3v) is 2.94. The quantitative estimate of drug-likeness (QED) is 0.822. The van der Waals surface area contributed by atoms with E-state index in [1.807, 2.05) is 19.1 Å². The Morgan fingerprint density at radius 1 is 1.47 bits per heavy atom. The van der Waals surface area contributed by atoms with E-state index in [0.717, 1.165) is 12.1 Å². The largest absolute Gasteiger partial charge is 0.330 e. The lowest BCUT2D eigenvalue weighted by Crippen LogP contribution is -2.20. The molecule has 1 unspecified atom stereocenters. The molecule has 0 saturated carbocycles. The number of nitrogens with two attached hydrogens (primary N) is 1. The molecule has 0 fully saturated rings. The summed E-state index contributed by atoms with van der Waals surface area (Å²) >= 11 is 0. The maximum Gasteiger partial charge on any atom is 0.224 e. The molecule has 1 rings (SSSR count). The van der Waals surface area contributed by atoms with Crippen LogP contribution >= 0.6 is 0 Å². The Hall–Kier alpha value is -1.35. The van der Waals surface area contributed by atoms with E-state index in [4.69, 9.17) is 5.73 Å². The number of nitrogens with one attached hydrogen (secondary N) is 1. The van der Waals surface area contributed by atoms with Gasteiger partial charge in [0.05, 0.1) is 0 Å². The van der Waals surface area contributed by atoms with Gasteiger partial charge in [-0.2, -0.15) is 0 Å². The molecule has 0 aliphatic rings. The molecule has 1 atom stereocenters. The minimum absolute atomic E-state index is 0.0339. The molecule has 3 nitrogen and oxygen atoms in total. The zero-order chi connectivity index (χ0) is 12.8. The van der Waals surface area contributed by atoms with E-state index in [0.29, 0.717) is 13.0 Å². The van der Waals surface area contributed by atoms with Gasteiger partial charge in [0.25, 0.3) is 0 Å². The zero-order valence-electron chi connectivity index (χ0n) is 10.9. The Morgan fingerprint density at radius 3 is 2.71 bits per heavy atom. The second-order valence-electron chi connectivity index (χ2n) is 4.59. The minimum atomic E-state index is 0.0339. The molecule has 1 aromatic rings. The van der Waals surface area contributed by atoms with Crippen molar-refractivity contribution < 1.29 is 4.79 Å². The van der Waals surface area contributed by atoms with Crippen LogP contribution in [0.15, 0.2) is 18.2 Å². The van der Waals surface area contributed by atoms with E-state index in [2.05, 4.69) is 25.2 Å². The van der Waals surface area contributed by atoms with Crippen molar-refractivity contribution in [3.63, 3.8) is 0 Å². The fraction of sp³-hybridized carbons (Fsp3) is 0.500. The molecule has 1 aromatic carbocycles. The second-order valence-corrected chi connectivity index (χ2v) is 4.59. The maximum atomic E-state index is 11.7. The third-order valence-electron chi connectivity index (χ3n) is 2.94. The van der Waals surface area contributed by atoms with Crippen LogP contribution in [-0.4, -0.2) is 12.5 Å². The summed E-state index contributed by atoms with van der Waals surface area (Å²) in [6, 6.07) is 6.04. The summed E-state index contributed by atoms with van der Waals surface area (Å²) in [6.07, 6.45) is 1.50. The Bertz CT molecular complexity index is 388. The van der Waals surface area contributed by atoms with Crippen LogP contribution in [0.25, 0.3) is 0 Å². The van der Waals surface area contributed by atoms with E-state index in [-0.39, 0.29) is 11.8 Å². The van der Waals surface area contributed by atoms with Crippen LogP contribution in [0.3, 0.4) is 0 Å². The van der Waals surface area contributed by atoms with E-state index in [1.165, 1.54) is 11.1 Å². The molecular weight excluding hydrogens is 212 g/mol. The molecule has 0 aliphatic carbocycles. The second kappa shape index (κ2) is 6.40. The van der Waals surface area contributed by atoms with Gasteiger partial charge < -0.3 is 11.1 Å². The highest BCUT2D eigenvalue weighted by Crippen LogP contribution is 2.16. The van der Waals surface area contributed by atoms with Gasteiger partial charge in [0.1, 0.15) is 0 Å². The smallest absolute Gasteiger partial charge is 0.224 e. The van der Waals surface area contributed by atoms with E-state index in [1.54, 1.807) is 0 Å². The van der Waals surface area contributed by atoms with Gasteiger partial charge >= 0.3 is 0 Å². The van der Waals surface area contributed by atoms with Gasteiger partial charge in [-0.15, -0.1) is 0 Å². The van der Waals surface area contributed by atoms with Gasteiger partial charge in [-0.05, 0) is 49.1 Å². The molecule has 0 saturated heterocycles. The van der Waals surface area contributed by atoms with Crippen LogP contribution in [0.5, 0.6) is 0 Å². The van der Waals surface area contributed by atoms with E-state index in [9.17, 15) is 4.79 Å². The Kier molecular flexibility index (Phi) is 5.16. The molecule has 0 aromatic heterocycles. The highest BCUT2D eigenvalue weighted by molar-refractivity contribution is 5.90. The maximum absolute atomic E-state index is 11.7. The first-order chi connectivity index (χ1) is 8.06. The van der Waals surface area contributed by atoms with Gasteiger partial charge in [0.2, 0.25) is 5.91 Å². The monoisotopic (exact) mass is 234 g/mol. The first-order valence-corrected chi connectivity index (χ1v) is 6.16. The summed E-state index contributed by atoms with van der Waals surface area (Å²) in [4.78, 5) is 11.7. The summed E-state index contributed by atoms with van der Waals surface area (Å²) in [5.74, 6) is 0.262. The lowest BCUT2D eigenvalue weighted by molar-refractivity contribution is -0.116. The predicted octanol–water partition coefficient (Wildman–Crippen LogP) is 2.48. The van der Waals surface area contributed by atoms with Crippen LogP contribution in [0, 0.1) is 12.8 Å². The summed E-state index contributed by atoms with van der Waals surface area (Å²) in [5, 5.41) is 2.90. The fourth-order valence-corrected chi connectivity index (χ4v) is 1.78. The van der Waals surface area contributed by atoms with Gasteiger partial charge in [-0.3, -0.25) is 4.79 Å². The van der Waals surface area contributed by atoms with Crippen LogP contribution < -0.4 is 11.1 Å². The summed E-state index contributed by atoms with van der Waals surface area (Å²) in [7, 11) is 0. The van der Waals surface area contributed by atoms with Gasteiger partial charge in [-0.1, -0.05) is 19.9 Å². The first kappa shape index (κ1) is 13.7. The standard InChI is InChI=1S/C14H22N2O/c1-4-12-5-6-13(8-11(12)3)16-14(17)7-10(2)9-15/h5-6,8,10H,4,7,9,15H2,1-3H3,(H,16,17). The third kappa shape index (κ3) is 4.19. The van der Waals surface area contributed by atoms with Crippen LogP contribution in [0.1, 0.15) is 31.4 Å². The van der Waals surface area contributed by atoms with Crippen molar-refractivity contribution >= 4 is 11.6 Å². The summed E-state index contributed by atoms with van der Waals surface area (Å²) in [5.41, 5.74) is 8.90. The Morgan fingerprint density at radius 2 is 2.18 bits per heavy atom. The average Bonchev–Trinajstić information content (AvgIpc) is 2.29. The first-order valence-electron chi connectivity index (χ1n) is 6.16. The van der Waals surface area contributed by atoms with Crippen molar-refractivity contribution in [3.8, 4) is 0 Å². The molecule has 0 heterocycles. The number of hydrogen-bond donors (Lipinski definition) is 2. The number of hydrogen-bond acceptors (Lipinski definition) is 2. The van der Waals surface area contributed by atoms with Crippen molar-refractivity contribution in [2.24, 2.45) is 11.7 Å². The normalized spacial score (nSPS) is 12.2. The van der Waals surface area contributed by atoms with E-state index < -0.39 is 0 Å². The highest BCUT2D eigenvalue weighted by Gasteiger charge is 2.08. The van der Waals surface area contributed by atoms with Crippen molar-refractivity contribution in [2.45, 2.75) is 33.6 Å². The van der Waals surface area contributed by atoms with Crippen LogP contribution in [-0.2, 0) is 11.2 Å². The summed E-state index contributed by atoms with van der Waals surface area (Å²) in [6.45, 7) is 6.72. The zero-order valence-corrected chi connectivity index (χ0v) is 10.9. The number of aryl methyl sites for hydroxylation is 2. The number of benzene rings is 1. The van der Waals surface area contributed by atoms with Gasteiger partial charge in [0.15, 0.2) is 0 Å². The molecule has 0 spiro atoms. The van der Waals surface area contributed by atoms with Gasteiger partial charge in [-0.25, -0.2) is 0 Å². The lowest BCUT2D eigenvalue weighted by atomic mass is 10.1. The SMILES string of the molecule is CCc1ccc(NC(=O)CC(C)CN)cc1C. The molecule has 1 amide bonds. The topological polar surface area (TPSA) is 55.1 Å². The van der Waals surface area contributed by atoms with Crippen molar-refractivity contribution in [1.29, 1.82) is 0 Å². The number of anilines is 1. The minimum Gasteiger partial charge on any atom is -0.330 e. The molecular formula is C14H22N2O. The molecule has 94 valence electrons. The number of rotatable bonds is 5. The Balaban J connectivity index is 2.63. The number of amides is 1. The lowest BCUT2D eigenvalue weighted by Gasteiger charge is -2.11. The van der Waals surface area contributed by atoms with Gasteiger partial charge in [0, 0.05) is 12.1 Å². The highest BCUT2D eigenvalue weighted by atomic mass is 16.1. The number of carbonyl (C=O) groups is 1. The molecule has 0 aliphatic heterocycles. The van der Waals surface area contributed by atoms with Crippen molar-refractivity contribution in [1.82, 2.24) is 0 Å². The Labute approximate surface area is 103 Å².